The Morgan fingerprint density at radius 3 is 2.86 bits per heavy atom. The summed E-state index contributed by atoms with van der Waals surface area (Å²) < 4.78 is 34.2. The van der Waals surface area contributed by atoms with Gasteiger partial charge in [-0.2, -0.15) is 4.31 Å². The summed E-state index contributed by atoms with van der Waals surface area (Å²) in [6.07, 6.45) is 3.16. The molecule has 3 aromatic heterocycles. The van der Waals surface area contributed by atoms with Crippen molar-refractivity contribution in [2.75, 3.05) is 13.1 Å². The lowest BCUT2D eigenvalue weighted by Crippen LogP contribution is -2.39. The quantitative estimate of drug-likeness (QED) is 0.491. The minimum absolute atomic E-state index is 0.123. The molecule has 7 nitrogen and oxygen atoms in total. The minimum Gasteiger partial charge on any atom is -0.420 e. The van der Waals surface area contributed by atoms with E-state index in [-0.39, 0.29) is 10.8 Å². The van der Waals surface area contributed by atoms with E-state index in [1.165, 1.54) is 15.6 Å². The highest BCUT2D eigenvalue weighted by Crippen LogP contribution is 2.33. The zero-order chi connectivity index (χ0) is 19.8. The molecule has 0 radical (unpaired) electrons. The Morgan fingerprint density at radius 1 is 1.10 bits per heavy atom. The van der Waals surface area contributed by atoms with Gasteiger partial charge in [0.05, 0.1) is 16.3 Å². The van der Waals surface area contributed by atoms with Crippen LogP contribution in [0.5, 0.6) is 0 Å². The summed E-state index contributed by atoms with van der Waals surface area (Å²) in [5.74, 6) is 0.847. The van der Waals surface area contributed by atoms with E-state index in [1.54, 1.807) is 24.4 Å². The van der Waals surface area contributed by atoms with Crippen LogP contribution in [0.2, 0.25) is 0 Å². The van der Waals surface area contributed by atoms with Gasteiger partial charge in [0, 0.05) is 24.7 Å². The molecule has 4 heterocycles. The topological polar surface area (TPSA) is 89.2 Å². The zero-order valence-electron chi connectivity index (χ0n) is 15.4. The van der Waals surface area contributed by atoms with Crippen molar-refractivity contribution in [1.29, 1.82) is 0 Å². The number of para-hydroxylation sites is 1. The Morgan fingerprint density at radius 2 is 2.00 bits per heavy atom. The van der Waals surface area contributed by atoms with Gasteiger partial charge in [-0.15, -0.1) is 21.5 Å². The second-order valence-corrected chi connectivity index (χ2v) is 9.81. The molecule has 1 atom stereocenters. The maximum absolute atomic E-state index is 13.4. The van der Waals surface area contributed by atoms with Crippen LogP contribution in [0.25, 0.3) is 21.7 Å². The summed E-state index contributed by atoms with van der Waals surface area (Å²) in [4.78, 5) is 5.45. The van der Waals surface area contributed by atoms with Crippen molar-refractivity contribution in [3.05, 3.63) is 59.9 Å². The van der Waals surface area contributed by atoms with Gasteiger partial charge < -0.3 is 4.42 Å². The van der Waals surface area contributed by atoms with E-state index in [2.05, 4.69) is 15.2 Å². The van der Waals surface area contributed by atoms with Crippen molar-refractivity contribution in [2.45, 2.75) is 23.7 Å². The Labute approximate surface area is 172 Å². The van der Waals surface area contributed by atoms with Crippen molar-refractivity contribution in [3.63, 3.8) is 0 Å². The number of rotatable bonds is 4. The number of benzene rings is 1. The molecule has 4 aromatic rings. The third-order valence-electron chi connectivity index (χ3n) is 5.12. The molecule has 0 bridgehead atoms. The molecule has 0 aliphatic carbocycles. The van der Waals surface area contributed by atoms with Crippen LogP contribution >= 0.6 is 11.3 Å². The highest BCUT2D eigenvalue weighted by atomic mass is 32.2. The molecule has 29 heavy (non-hydrogen) atoms. The van der Waals surface area contributed by atoms with Crippen LogP contribution in [-0.4, -0.2) is 41.0 Å². The number of aromatic nitrogens is 3. The summed E-state index contributed by atoms with van der Waals surface area (Å²) >= 11 is 1.53. The van der Waals surface area contributed by atoms with E-state index in [0.717, 1.165) is 23.1 Å². The van der Waals surface area contributed by atoms with Gasteiger partial charge in [0.2, 0.25) is 15.9 Å². The van der Waals surface area contributed by atoms with Gasteiger partial charge in [-0.1, -0.05) is 24.3 Å². The monoisotopic (exact) mass is 426 g/mol. The molecule has 0 N–H and O–H groups in total. The molecule has 9 heteroatoms. The third kappa shape index (κ3) is 3.35. The van der Waals surface area contributed by atoms with Gasteiger partial charge in [0.25, 0.3) is 5.89 Å². The Hall–Kier alpha value is -2.62. The molecule has 1 saturated heterocycles. The SMILES string of the molecule is O=S(=O)(c1cccc2cccnc12)N1CCC[C@@H](c2nnc(-c3cccs3)o2)C1. The number of nitrogens with zero attached hydrogens (tertiary/aromatic N) is 4. The third-order valence-corrected chi connectivity index (χ3v) is 7.87. The number of pyridine rings is 1. The fourth-order valence-corrected chi connectivity index (χ4v) is 6.02. The number of fused-ring (bicyclic) bond motifs is 1. The summed E-state index contributed by atoms with van der Waals surface area (Å²) in [5.41, 5.74) is 0.495. The molecule has 0 unspecified atom stereocenters. The van der Waals surface area contributed by atoms with E-state index < -0.39 is 10.0 Å². The second kappa shape index (κ2) is 7.33. The summed E-state index contributed by atoms with van der Waals surface area (Å²) in [6, 6.07) is 12.8. The Bertz CT molecular complexity index is 1250. The molecular formula is C20H18N4O3S2. The van der Waals surface area contributed by atoms with Gasteiger partial charge in [0.1, 0.15) is 4.90 Å². The molecule has 1 aromatic carbocycles. The van der Waals surface area contributed by atoms with Crippen LogP contribution in [0.1, 0.15) is 24.7 Å². The van der Waals surface area contributed by atoms with E-state index in [9.17, 15) is 8.42 Å². The summed E-state index contributed by atoms with van der Waals surface area (Å²) in [7, 11) is -3.68. The van der Waals surface area contributed by atoms with Crippen molar-refractivity contribution in [1.82, 2.24) is 19.5 Å². The van der Waals surface area contributed by atoms with Gasteiger partial charge >= 0.3 is 0 Å². The summed E-state index contributed by atoms with van der Waals surface area (Å²) in [5, 5.41) is 11.1. The van der Waals surface area contributed by atoms with Crippen LogP contribution < -0.4 is 0 Å². The maximum atomic E-state index is 13.4. The minimum atomic E-state index is -3.68. The molecule has 0 amide bonds. The molecule has 1 fully saturated rings. The lowest BCUT2D eigenvalue weighted by molar-refractivity contribution is 0.286. The fraction of sp³-hybridized carbons (Fsp3) is 0.250. The highest BCUT2D eigenvalue weighted by Gasteiger charge is 2.34. The van der Waals surface area contributed by atoms with Gasteiger partial charge in [-0.05, 0) is 36.4 Å². The second-order valence-electron chi connectivity index (χ2n) is 6.96. The van der Waals surface area contributed by atoms with E-state index in [0.29, 0.717) is 30.4 Å². The molecular weight excluding hydrogens is 408 g/mol. The normalized spacial score (nSPS) is 18.3. The highest BCUT2D eigenvalue weighted by molar-refractivity contribution is 7.89. The average molecular weight is 427 g/mol. The van der Waals surface area contributed by atoms with E-state index in [1.807, 2.05) is 29.6 Å². The molecule has 148 valence electrons. The zero-order valence-corrected chi connectivity index (χ0v) is 17.1. The van der Waals surface area contributed by atoms with Crippen molar-refractivity contribution in [3.8, 4) is 10.8 Å². The number of sulfonamides is 1. The van der Waals surface area contributed by atoms with Crippen LogP contribution in [-0.2, 0) is 10.0 Å². The molecule has 5 rings (SSSR count). The molecule has 0 saturated carbocycles. The van der Waals surface area contributed by atoms with Gasteiger partial charge in [-0.25, -0.2) is 8.42 Å². The van der Waals surface area contributed by atoms with Crippen molar-refractivity contribution in [2.24, 2.45) is 0 Å². The molecule has 1 aliphatic rings. The van der Waals surface area contributed by atoms with Crippen LogP contribution in [0.3, 0.4) is 0 Å². The lowest BCUT2D eigenvalue weighted by Gasteiger charge is -2.30. The number of hydrogen-bond donors (Lipinski definition) is 0. The van der Waals surface area contributed by atoms with Crippen molar-refractivity contribution < 1.29 is 12.8 Å². The smallest absolute Gasteiger partial charge is 0.257 e. The number of piperidine rings is 1. The van der Waals surface area contributed by atoms with Crippen LogP contribution in [0.15, 0.2) is 63.4 Å². The predicted octanol–water partition coefficient (Wildman–Crippen LogP) is 3.91. The van der Waals surface area contributed by atoms with Crippen molar-refractivity contribution >= 4 is 32.3 Å². The van der Waals surface area contributed by atoms with E-state index >= 15 is 0 Å². The maximum Gasteiger partial charge on any atom is 0.257 e. The lowest BCUT2D eigenvalue weighted by atomic mass is 10.00. The largest absolute Gasteiger partial charge is 0.420 e. The van der Waals surface area contributed by atoms with Crippen LogP contribution in [0, 0.1) is 0 Å². The van der Waals surface area contributed by atoms with Gasteiger partial charge in [0.15, 0.2) is 0 Å². The number of thiophene rings is 1. The molecule has 1 aliphatic heterocycles. The first-order chi connectivity index (χ1) is 14.1. The van der Waals surface area contributed by atoms with E-state index in [4.69, 9.17) is 4.42 Å². The first-order valence-corrected chi connectivity index (χ1v) is 11.7. The summed E-state index contributed by atoms with van der Waals surface area (Å²) in [6.45, 7) is 0.783. The Kier molecular flexibility index (Phi) is 4.65. The number of hydrogen-bond acceptors (Lipinski definition) is 7. The molecule has 0 spiro atoms. The fourth-order valence-electron chi connectivity index (χ4n) is 3.69. The predicted molar refractivity (Wildman–Crippen MR) is 110 cm³/mol. The standard InChI is InChI=1S/C20H18N4O3S2/c25-29(26,17-9-1-5-14-6-2-10-21-18(14)17)24-11-3-7-15(13-24)19-22-23-20(27-19)16-8-4-12-28-16/h1-2,4-6,8-10,12,15H,3,7,11,13H2/t15-/m1/s1. The van der Waals surface area contributed by atoms with Gasteiger partial charge in [-0.3, -0.25) is 4.98 Å². The van der Waals surface area contributed by atoms with Crippen LogP contribution in [0.4, 0.5) is 0 Å². The first kappa shape index (κ1) is 18.4. The average Bonchev–Trinajstić information content (AvgIpc) is 3.45. The Balaban J connectivity index is 1.44. The first-order valence-electron chi connectivity index (χ1n) is 9.34.